The zero-order valence-electron chi connectivity index (χ0n) is 11.7. The maximum atomic E-state index is 6.26. The molecule has 3 rings (SSSR count). The first-order chi connectivity index (χ1) is 10.0. The molecular weight excluding hydrogens is 323 g/mol. The van der Waals surface area contributed by atoms with E-state index in [1.165, 1.54) is 4.70 Å². The van der Waals surface area contributed by atoms with E-state index >= 15 is 0 Å². The minimum Gasteiger partial charge on any atom is -0.378 e. The van der Waals surface area contributed by atoms with Crippen molar-refractivity contribution in [1.82, 2.24) is 4.98 Å². The van der Waals surface area contributed by atoms with Crippen LogP contribution in [0, 0.1) is 6.92 Å². The van der Waals surface area contributed by atoms with Crippen molar-refractivity contribution in [1.29, 1.82) is 0 Å². The van der Waals surface area contributed by atoms with Crippen molar-refractivity contribution < 1.29 is 0 Å². The van der Waals surface area contributed by atoms with Gasteiger partial charge in [-0.2, -0.15) is 0 Å². The van der Waals surface area contributed by atoms with Crippen LogP contribution in [-0.4, -0.2) is 4.98 Å². The topological polar surface area (TPSA) is 24.9 Å². The fourth-order valence-electron chi connectivity index (χ4n) is 2.31. The number of benzene rings is 2. The number of anilines is 1. The average molecular weight is 337 g/mol. The molecule has 0 saturated heterocycles. The Kier molecular flexibility index (Phi) is 4.07. The Morgan fingerprint density at radius 3 is 2.71 bits per heavy atom. The lowest BCUT2D eigenvalue weighted by atomic mass is 10.1. The van der Waals surface area contributed by atoms with Gasteiger partial charge < -0.3 is 5.32 Å². The van der Waals surface area contributed by atoms with Crippen LogP contribution in [0.25, 0.3) is 10.2 Å². The second kappa shape index (κ2) is 5.84. The van der Waals surface area contributed by atoms with Crippen molar-refractivity contribution in [3.63, 3.8) is 0 Å². The van der Waals surface area contributed by atoms with Gasteiger partial charge >= 0.3 is 0 Å². The fourth-order valence-corrected chi connectivity index (χ4v) is 3.75. The minimum atomic E-state index is 0.0984. The number of aryl methyl sites for hydroxylation is 1. The van der Waals surface area contributed by atoms with Gasteiger partial charge in [-0.25, -0.2) is 4.98 Å². The lowest BCUT2D eigenvalue weighted by Gasteiger charge is -2.17. The number of hydrogen-bond donors (Lipinski definition) is 1. The highest BCUT2D eigenvalue weighted by atomic mass is 35.5. The van der Waals surface area contributed by atoms with Crippen LogP contribution in [0.1, 0.15) is 23.5 Å². The minimum absolute atomic E-state index is 0.0984. The van der Waals surface area contributed by atoms with Crippen LogP contribution in [-0.2, 0) is 0 Å². The molecule has 0 saturated carbocycles. The highest BCUT2D eigenvalue weighted by molar-refractivity contribution is 7.18. The van der Waals surface area contributed by atoms with Gasteiger partial charge in [-0.15, -0.1) is 11.3 Å². The third-order valence-corrected chi connectivity index (χ3v) is 4.80. The molecule has 108 valence electrons. The number of aromatic nitrogens is 1. The Balaban J connectivity index is 1.86. The summed E-state index contributed by atoms with van der Waals surface area (Å²) in [5.74, 6) is 0. The monoisotopic (exact) mass is 336 g/mol. The normalized spacial score (nSPS) is 12.6. The van der Waals surface area contributed by atoms with Gasteiger partial charge in [-0.05, 0) is 49.7 Å². The van der Waals surface area contributed by atoms with Crippen LogP contribution in [0.3, 0.4) is 0 Å². The Hall–Kier alpha value is -1.29. The Morgan fingerprint density at radius 1 is 1.14 bits per heavy atom. The van der Waals surface area contributed by atoms with Crippen molar-refractivity contribution in [2.24, 2.45) is 0 Å². The quantitative estimate of drug-likeness (QED) is 0.626. The zero-order valence-corrected chi connectivity index (χ0v) is 14.0. The second-order valence-corrected chi connectivity index (χ2v) is 7.03. The van der Waals surface area contributed by atoms with Crippen molar-refractivity contribution >= 4 is 50.4 Å². The van der Waals surface area contributed by atoms with Gasteiger partial charge in [-0.3, -0.25) is 0 Å². The first-order valence-corrected chi connectivity index (χ1v) is 8.19. The molecule has 0 bridgehead atoms. The summed E-state index contributed by atoms with van der Waals surface area (Å²) in [6.07, 6.45) is 0. The standard InChI is InChI=1S/C16H14Cl2N2S/c1-9(13-5-3-11(17)7-14(13)18)19-12-4-6-15-16(8-12)21-10(2)20-15/h3-9,19H,1-2H3. The molecule has 1 aromatic heterocycles. The highest BCUT2D eigenvalue weighted by Gasteiger charge is 2.11. The van der Waals surface area contributed by atoms with E-state index in [1.807, 2.05) is 31.2 Å². The molecule has 0 amide bonds. The van der Waals surface area contributed by atoms with Crippen LogP contribution < -0.4 is 5.32 Å². The van der Waals surface area contributed by atoms with Gasteiger partial charge in [0.1, 0.15) is 0 Å². The lowest BCUT2D eigenvalue weighted by Crippen LogP contribution is -2.07. The molecule has 0 radical (unpaired) electrons. The van der Waals surface area contributed by atoms with E-state index in [4.69, 9.17) is 23.2 Å². The summed E-state index contributed by atoms with van der Waals surface area (Å²) in [6, 6.07) is 11.9. The predicted molar refractivity (Wildman–Crippen MR) is 92.9 cm³/mol. The number of nitrogens with zero attached hydrogens (tertiary/aromatic N) is 1. The van der Waals surface area contributed by atoms with Crippen molar-refractivity contribution in [2.75, 3.05) is 5.32 Å². The van der Waals surface area contributed by atoms with E-state index in [1.54, 1.807) is 17.4 Å². The molecule has 1 atom stereocenters. The Labute approximate surface area is 137 Å². The van der Waals surface area contributed by atoms with E-state index in [0.29, 0.717) is 10.0 Å². The van der Waals surface area contributed by atoms with Crippen molar-refractivity contribution in [3.05, 3.63) is 57.0 Å². The molecule has 21 heavy (non-hydrogen) atoms. The molecule has 0 fully saturated rings. The second-order valence-electron chi connectivity index (χ2n) is 4.95. The smallest absolute Gasteiger partial charge is 0.0907 e. The molecule has 1 heterocycles. The van der Waals surface area contributed by atoms with Crippen LogP contribution in [0.15, 0.2) is 36.4 Å². The first kappa shape index (κ1) is 14.6. The van der Waals surface area contributed by atoms with E-state index < -0.39 is 0 Å². The van der Waals surface area contributed by atoms with Crippen molar-refractivity contribution in [3.8, 4) is 0 Å². The summed E-state index contributed by atoms with van der Waals surface area (Å²) < 4.78 is 1.19. The molecule has 0 aliphatic carbocycles. The van der Waals surface area contributed by atoms with E-state index in [9.17, 15) is 0 Å². The van der Waals surface area contributed by atoms with Gasteiger partial charge in [-0.1, -0.05) is 29.3 Å². The van der Waals surface area contributed by atoms with Gasteiger partial charge in [0, 0.05) is 21.8 Å². The van der Waals surface area contributed by atoms with Gasteiger partial charge in [0.2, 0.25) is 0 Å². The average Bonchev–Trinajstić information content (AvgIpc) is 2.77. The zero-order chi connectivity index (χ0) is 15.0. The lowest BCUT2D eigenvalue weighted by molar-refractivity contribution is 0.885. The van der Waals surface area contributed by atoms with Crippen LogP contribution in [0.2, 0.25) is 10.0 Å². The largest absolute Gasteiger partial charge is 0.378 e. The Morgan fingerprint density at radius 2 is 1.95 bits per heavy atom. The summed E-state index contributed by atoms with van der Waals surface area (Å²) in [4.78, 5) is 4.47. The Bertz CT molecular complexity index is 798. The number of thiazole rings is 1. The molecule has 2 aromatic carbocycles. The molecule has 0 spiro atoms. The van der Waals surface area contributed by atoms with Gasteiger partial charge in [0.15, 0.2) is 0 Å². The fraction of sp³-hybridized carbons (Fsp3) is 0.188. The third kappa shape index (κ3) is 3.15. The van der Waals surface area contributed by atoms with Crippen LogP contribution in [0.5, 0.6) is 0 Å². The summed E-state index contributed by atoms with van der Waals surface area (Å²) >= 11 is 13.9. The molecule has 1 unspecified atom stereocenters. The highest BCUT2D eigenvalue weighted by Crippen LogP contribution is 2.30. The maximum Gasteiger partial charge on any atom is 0.0907 e. The molecule has 1 N–H and O–H groups in total. The third-order valence-electron chi connectivity index (χ3n) is 3.31. The summed E-state index contributed by atoms with van der Waals surface area (Å²) in [7, 11) is 0. The SMILES string of the molecule is Cc1nc2ccc(NC(C)c3ccc(Cl)cc3Cl)cc2s1. The molecule has 2 nitrogen and oxygen atoms in total. The molecule has 3 aromatic rings. The van der Waals surface area contributed by atoms with E-state index in [0.717, 1.165) is 21.8 Å². The van der Waals surface area contributed by atoms with Crippen LogP contribution in [0.4, 0.5) is 5.69 Å². The van der Waals surface area contributed by atoms with Crippen LogP contribution >= 0.6 is 34.5 Å². The molecule has 5 heteroatoms. The number of fused-ring (bicyclic) bond motifs is 1. The summed E-state index contributed by atoms with van der Waals surface area (Å²) in [5, 5.41) is 5.88. The summed E-state index contributed by atoms with van der Waals surface area (Å²) in [5.41, 5.74) is 3.13. The van der Waals surface area contributed by atoms with E-state index in [-0.39, 0.29) is 6.04 Å². The summed E-state index contributed by atoms with van der Waals surface area (Å²) in [6.45, 7) is 4.10. The molecule has 0 aliphatic heterocycles. The number of rotatable bonds is 3. The number of hydrogen-bond acceptors (Lipinski definition) is 3. The number of halogens is 2. The molecular formula is C16H14Cl2N2S. The van der Waals surface area contributed by atoms with Crippen molar-refractivity contribution in [2.45, 2.75) is 19.9 Å². The predicted octanol–water partition coefficient (Wildman–Crippen LogP) is 6.08. The van der Waals surface area contributed by atoms with Gasteiger partial charge in [0.05, 0.1) is 15.2 Å². The first-order valence-electron chi connectivity index (χ1n) is 6.61. The maximum absolute atomic E-state index is 6.26. The molecule has 0 aliphatic rings. The number of nitrogens with one attached hydrogen (secondary N) is 1. The van der Waals surface area contributed by atoms with E-state index in [2.05, 4.69) is 23.3 Å². The van der Waals surface area contributed by atoms with Gasteiger partial charge in [0.25, 0.3) is 0 Å².